The molecule has 4 heteroatoms. The van der Waals surface area contributed by atoms with Gasteiger partial charge in [-0.15, -0.1) is 11.3 Å². The van der Waals surface area contributed by atoms with E-state index >= 15 is 0 Å². The molecule has 0 atom stereocenters. The maximum atomic E-state index is 5.97. The fourth-order valence-corrected chi connectivity index (χ4v) is 3.86. The molecule has 26 heavy (non-hydrogen) atoms. The van der Waals surface area contributed by atoms with Gasteiger partial charge in [0.2, 0.25) is 0 Å². The third-order valence-corrected chi connectivity index (χ3v) is 5.44. The molecule has 0 aliphatic heterocycles. The maximum Gasteiger partial charge on any atom is 0.119 e. The number of ether oxygens (including phenoxy) is 1. The minimum absolute atomic E-state index is 0.628. The van der Waals surface area contributed by atoms with Gasteiger partial charge >= 0.3 is 0 Å². The average molecular weight is 362 g/mol. The van der Waals surface area contributed by atoms with Crippen molar-refractivity contribution in [3.05, 3.63) is 82.3 Å². The Labute approximate surface area is 157 Å². The first-order valence-electron chi connectivity index (χ1n) is 9.02. The fraction of sp³-hybridized carbons (Fsp3) is 0.227. The molecule has 0 unspecified atom stereocenters. The molecule has 0 aliphatic rings. The SMILES string of the molecule is CCc1ccc(OCCn2c(Cc3cccs3)nc3ccccc32)cc1. The molecule has 0 saturated heterocycles. The van der Waals surface area contributed by atoms with Gasteiger partial charge in [0.15, 0.2) is 0 Å². The lowest BCUT2D eigenvalue weighted by Crippen LogP contribution is -2.11. The van der Waals surface area contributed by atoms with Crippen LogP contribution in [0.2, 0.25) is 0 Å². The summed E-state index contributed by atoms with van der Waals surface area (Å²) in [6.07, 6.45) is 1.91. The van der Waals surface area contributed by atoms with Gasteiger partial charge in [-0.2, -0.15) is 0 Å². The van der Waals surface area contributed by atoms with Crippen LogP contribution in [0.5, 0.6) is 5.75 Å². The molecule has 2 aromatic heterocycles. The normalized spacial score (nSPS) is 11.1. The Balaban J connectivity index is 1.52. The van der Waals surface area contributed by atoms with E-state index in [0.717, 1.165) is 36.5 Å². The summed E-state index contributed by atoms with van der Waals surface area (Å²) in [5.74, 6) is 2.02. The molecule has 0 fully saturated rings. The van der Waals surface area contributed by atoms with E-state index in [1.807, 2.05) is 6.07 Å². The molecule has 0 aliphatic carbocycles. The zero-order valence-corrected chi connectivity index (χ0v) is 15.7. The third-order valence-electron chi connectivity index (χ3n) is 4.56. The number of nitrogens with zero attached hydrogens (tertiary/aromatic N) is 2. The summed E-state index contributed by atoms with van der Waals surface area (Å²) in [7, 11) is 0. The van der Waals surface area contributed by atoms with Crippen LogP contribution in [-0.4, -0.2) is 16.2 Å². The highest BCUT2D eigenvalue weighted by molar-refractivity contribution is 7.09. The van der Waals surface area contributed by atoms with Crippen molar-refractivity contribution in [2.75, 3.05) is 6.61 Å². The number of thiophene rings is 1. The van der Waals surface area contributed by atoms with E-state index in [2.05, 4.69) is 71.5 Å². The van der Waals surface area contributed by atoms with Crippen molar-refractivity contribution in [2.24, 2.45) is 0 Å². The van der Waals surface area contributed by atoms with Crippen molar-refractivity contribution >= 4 is 22.4 Å². The minimum atomic E-state index is 0.628. The summed E-state index contributed by atoms with van der Waals surface area (Å²) in [4.78, 5) is 6.18. The number of hydrogen-bond donors (Lipinski definition) is 0. The van der Waals surface area contributed by atoms with E-state index in [1.165, 1.54) is 16.0 Å². The largest absolute Gasteiger partial charge is 0.492 e. The standard InChI is InChI=1S/C22H22N2OS/c1-2-17-9-11-18(12-10-17)25-14-13-24-21-8-4-3-7-20(21)23-22(24)16-19-6-5-15-26-19/h3-12,15H,2,13-14,16H2,1H3. The number of imidazole rings is 1. The highest BCUT2D eigenvalue weighted by Crippen LogP contribution is 2.21. The Kier molecular flexibility index (Phi) is 5.02. The molecule has 0 saturated carbocycles. The minimum Gasteiger partial charge on any atom is -0.492 e. The van der Waals surface area contributed by atoms with Crippen molar-refractivity contribution in [3.8, 4) is 5.75 Å². The van der Waals surface area contributed by atoms with Gasteiger partial charge in [-0.1, -0.05) is 37.3 Å². The highest BCUT2D eigenvalue weighted by atomic mass is 32.1. The zero-order chi connectivity index (χ0) is 17.8. The van der Waals surface area contributed by atoms with Gasteiger partial charge in [-0.25, -0.2) is 4.98 Å². The first-order chi connectivity index (χ1) is 12.8. The number of aryl methyl sites for hydroxylation is 1. The van der Waals surface area contributed by atoms with E-state index in [0.29, 0.717) is 6.61 Å². The summed E-state index contributed by atoms with van der Waals surface area (Å²) < 4.78 is 8.26. The first kappa shape index (κ1) is 16.9. The van der Waals surface area contributed by atoms with Gasteiger partial charge < -0.3 is 9.30 Å². The molecule has 2 aromatic carbocycles. The van der Waals surface area contributed by atoms with Crippen molar-refractivity contribution in [1.82, 2.24) is 9.55 Å². The Morgan fingerprint density at radius 3 is 2.62 bits per heavy atom. The summed E-state index contributed by atoms with van der Waals surface area (Å²) >= 11 is 1.78. The number of para-hydroxylation sites is 2. The van der Waals surface area contributed by atoms with Crippen LogP contribution in [0.4, 0.5) is 0 Å². The lowest BCUT2D eigenvalue weighted by atomic mass is 10.2. The van der Waals surface area contributed by atoms with E-state index < -0.39 is 0 Å². The van der Waals surface area contributed by atoms with Gasteiger partial charge in [0.1, 0.15) is 18.2 Å². The summed E-state index contributed by atoms with van der Waals surface area (Å²) in [6.45, 7) is 3.58. The molecule has 0 spiro atoms. The molecular formula is C22H22N2OS. The first-order valence-corrected chi connectivity index (χ1v) is 9.89. The van der Waals surface area contributed by atoms with Crippen LogP contribution in [0.3, 0.4) is 0 Å². The van der Waals surface area contributed by atoms with Crippen LogP contribution in [0.25, 0.3) is 11.0 Å². The lowest BCUT2D eigenvalue weighted by Gasteiger charge is -2.11. The van der Waals surface area contributed by atoms with Crippen LogP contribution in [0.15, 0.2) is 66.0 Å². The van der Waals surface area contributed by atoms with E-state index in [1.54, 1.807) is 11.3 Å². The molecule has 4 rings (SSSR count). The molecule has 0 N–H and O–H groups in total. The van der Waals surface area contributed by atoms with Crippen LogP contribution in [0.1, 0.15) is 23.2 Å². The van der Waals surface area contributed by atoms with E-state index in [9.17, 15) is 0 Å². The van der Waals surface area contributed by atoms with E-state index in [-0.39, 0.29) is 0 Å². The average Bonchev–Trinajstić information content (AvgIpc) is 3.31. The second kappa shape index (κ2) is 7.75. The summed E-state index contributed by atoms with van der Waals surface area (Å²) in [5, 5.41) is 2.12. The van der Waals surface area contributed by atoms with Crippen molar-refractivity contribution in [3.63, 3.8) is 0 Å². The lowest BCUT2D eigenvalue weighted by molar-refractivity contribution is 0.298. The Hall–Kier alpha value is -2.59. The second-order valence-corrected chi connectivity index (χ2v) is 7.30. The smallest absolute Gasteiger partial charge is 0.119 e. The second-order valence-electron chi connectivity index (χ2n) is 6.27. The van der Waals surface area contributed by atoms with Gasteiger partial charge in [0, 0.05) is 11.3 Å². The van der Waals surface area contributed by atoms with Crippen molar-refractivity contribution in [1.29, 1.82) is 0 Å². The predicted molar refractivity (Wildman–Crippen MR) is 108 cm³/mol. The number of hydrogen-bond acceptors (Lipinski definition) is 3. The molecular weight excluding hydrogens is 340 g/mol. The quantitative estimate of drug-likeness (QED) is 0.444. The predicted octanol–water partition coefficient (Wildman–Crippen LogP) is 5.33. The van der Waals surface area contributed by atoms with Crippen LogP contribution < -0.4 is 4.74 Å². The molecule has 0 bridgehead atoms. The van der Waals surface area contributed by atoms with Gasteiger partial charge in [-0.3, -0.25) is 0 Å². The van der Waals surface area contributed by atoms with Gasteiger partial charge in [0.05, 0.1) is 17.6 Å². The third kappa shape index (κ3) is 3.65. The van der Waals surface area contributed by atoms with Crippen LogP contribution in [0, 0.1) is 0 Å². The highest BCUT2D eigenvalue weighted by Gasteiger charge is 2.11. The Morgan fingerprint density at radius 1 is 1.00 bits per heavy atom. The Morgan fingerprint density at radius 2 is 1.85 bits per heavy atom. The van der Waals surface area contributed by atoms with Crippen LogP contribution in [-0.2, 0) is 19.4 Å². The molecule has 0 radical (unpaired) electrons. The summed E-state index contributed by atoms with van der Waals surface area (Å²) in [5.41, 5.74) is 3.55. The van der Waals surface area contributed by atoms with E-state index in [4.69, 9.17) is 9.72 Å². The molecule has 2 heterocycles. The molecule has 132 valence electrons. The monoisotopic (exact) mass is 362 g/mol. The number of aromatic nitrogens is 2. The zero-order valence-electron chi connectivity index (χ0n) is 14.9. The maximum absolute atomic E-state index is 5.97. The fourth-order valence-electron chi connectivity index (χ4n) is 3.16. The van der Waals surface area contributed by atoms with Gasteiger partial charge in [-0.05, 0) is 47.7 Å². The number of fused-ring (bicyclic) bond motifs is 1. The van der Waals surface area contributed by atoms with Crippen LogP contribution >= 0.6 is 11.3 Å². The molecule has 3 nitrogen and oxygen atoms in total. The van der Waals surface area contributed by atoms with Crippen molar-refractivity contribution in [2.45, 2.75) is 26.3 Å². The van der Waals surface area contributed by atoms with Gasteiger partial charge in [0.25, 0.3) is 0 Å². The number of rotatable bonds is 7. The molecule has 4 aromatic rings. The Bertz CT molecular complexity index is 971. The number of benzene rings is 2. The molecule has 0 amide bonds. The topological polar surface area (TPSA) is 27.1 Å². The summed E-state index contributed by atoms with van der Waals surface area (Å²) in [6, 6.07) is 20.9. The van der Waals surface area contributed by atoms with Crippen molar-refractivity contribution < 1.29 is 4.74 Å².